The molecule has 1 aliphatic rings. The zero-order chi connectivity index (χ0) is 19.8. The summed E-state index contributed by atoms with van der Waals surface area (Å²) in [5.74, 6) is 1.68. The quantitative estimate of drug-likeness (QED) is 0.669. The number of aromatic nitrogens is 2. The molecule has 4 rings (SSSR count). The molecule has 0 aliphatic carbocycles. The summed E-state index contributed by atoms with van der Waals surface area (Å²) in [4.78, 5) is 27.5. The van der Waals surface area contributed by atoms with Crippen LogP contribution in [0, 0.1) is 18.2 Å². The summed E-state index contributed by atoms with van der Waals surface area (Å²) in [6.45, 7) is 2.52. The number of H-pyrrole nitrogens is 1. The minimum atomic E-state index is -0.390. The van der Waals surface area contributed by atoms with Gasteiger partial charge in [0, 0.05) is 16.8 Å². The molecule has 142 valence electrons. The number of hydrogen-bond donors (Lipinski definition) is 2. The number of fused-ring (bicyclic) bond motifs is 2. The summed E-state index contributed by atoms with van der Waals surface area (Å²) in [5.41, 5.74) is 1.87. The summed E-state index contributed by atoms with van der Waals surface area (Å²) >= 11 is 1.34. The minimum absolute atomic E-state index is 0.117. The van der Waals surface area contributed by atoms with Gasteiger partial charge < -0.3 is 10.2 Å². The van der Waals surface area contributed by atoms with Crippen LogP contribution in [0.25, 0.3) is 10.1 Å². The molecular weight excluding hydrogens is 379 g/mol. The number of thiophene rings is 1. The first-order valence-corrected chi connectivity index (χ1v) is 9.59. The molecular formula is C20H17FN4O2S. The minimum Gasteiger partial charge on any atom is -0.337 e. The fraction of sp³-hybridized carbons (Fsp3) is 0.250. The van der Waals surface area contributed by atoms with Crippen molar-refractivity contribution >= 4 is 33.2 Å². The molecule has 1 aromatic carbocycles. The van der Waals surface area contributed by atoms with Crippen LogP contribution in [0.4, 0.5) is 4.39 Å². The third-order valence-corrected chi connectivity index (χ3v) is 5.83. The summed E-state index contributed by atoms with van der Waals surface area (Å²) < 4.78 is 14.3. The molecule has 1 atom stereocenters. The van der Waals surface area contributed by atoms with Gasteiger partial charge in [-0.15, -0.1) is 17.8 Å². The topological polar surface area (TPSA) is 78.1 Å². The average molecular weight is 396 g/mol. The predicted molar refractivity (Wildman–Crippen MR) is 105 cm³/mol. The van der Waals surface area contributed by atoms with Gasteiger partial charge in [-0.05, 0) is 43.0 Å². The molecule has 6 nitrogen and oxygen atoms in total. The van der Waals surface area contributed by atoms with Gasteiger partial charge in [0.1, 0.15) is 5.82 Å². The van der Waals surface area contributed by atoms with Crippen molar-refractivity contribution in [2.75, 3.05) is 6.54 Å². The zero-order valence-corrected chi connectivity index (χ0v) is 15.9. The number of nitrogens with zero attached hydrogens (tertiary/aromatic N) is 2. The Balaban J connectivity index is 1.53. The highest BCUT2D eigenvalue weighted by molar-refractivity contribution is 7.20. The zero-order valence-electron chi connectivity index (χ0n) is 15.1. The molecule has 0 bridgehead atoms. The van der Waals surface area contributed by atoms with E-state index in [4.69, 9.17) is 6.42 Å². The van der Waals surface area contributed by atoms with Gasteiger partial charge in [-0.1, -0.05) is 5.92 Å². The van der Waals surface area contributed by atoms with E-state index in [1.54, 1.807) is 24.0 Å². The van der Waals surface area contributed by atoms with Crippen LogP contribution in [-0.2, 0) is 13.0 Å². The van der Waals surface area contributed by atoms with E-state index < -0.39 is 0 Å². The van der Waals surface area contributed by atoms with Gasteiger partial charge in [0.15, 0.2) is 5.69 Å². The van der Waals surface area contributed by atoms with E-state index in [9.17, 15) is 14.0 Å². The average Bonchev–Trinajstić information content (AvgIpc) is 3.30. The second-order valence-electron chi connectivity index (χ2n) is 6.66. The summed E-state index contributed by atoms with van der Waals surface area (Å²) in [6, 6.07) is 5.82. The summed E-state index contributed by atoms with van der Waals surface area (Å²) in [7, 11) is 0. The lowest BCUT2D eigenvalue weighted by molar-refractivity contribution is 0.0737. The lowest BCUT2D eigenvalue weighted by Crippen LogP contribution is -2.37. The monoisotopic (exact) mass is 396 g/mol. The van der Waals surface area contributed by atoms with Crippen LogP contribution in [-0.4, -0.2) is 39.5 Å². The van der Waals surface area contributed by atoms with Crippen LogP contribution in [0.1, 0.15) is 38.3 Å². The molecule has 3 aromatic rings. The molecule has 0 radical (unpaired) electrons. The lowest BCUT2D eigenvalue weighted by Gasteiger charge is -2.26. The number of rotatable bonds is 3. The van der Waals surface area contributed by atoms with E-state index >= 15 is 0 Å². The van der Waals surface area contributed by atoms with Gasteiger partial charge in [-0.3, -0.25) is 14.7 Å². The van der Waals surface area contributed by atoms with Crippen molar-refractivity contribution in [3.8, 4) is 12.3 Å². The third kappa shape index (κ3) is 3.25. The van der Waals surface area contributed by atoms with Crippen molar-refractivity contribution in [1.29, 1.82) is 0 Å². The molecule has 8 heteroatoms. The number of hydrogen-bond acceptors (Lipinski definition) is 4. The summed E-state index contributed by atoms with van der Waals surface area (Å²) in [6.07, 6.45) is 5.82. The molecule has 2 amide bonds. The van der Waals surface area contributed by atoms with Crippen molar-refractivity contribution in [1.82, 2.24) is 20.4 Å². The van der Waals surface area contributed by atoms with Gasteiger partial charge in [-0.2, -0.15) is 5.10 Å². The van der Waals surface area contributed by atoms with Gasteiger partial charge in [0.2, 0.25) is 0 Å². The Morgan fingerprint density at radius 3 is 3.04 bits per heavy atom. The van der Waals surface area contributed by atoms with Crippen molar-refractivity contribution in [3.05, 3.63) is 51.9 Å². The van der Waals surface area contributed by atoms with E-state index in [1.165, 1.54) is 23.5 Å². The highest BCUT2D eigenvalue weighted by Gasteiger charge is 2.28. The standard InChI is InChI=1S/C20H17FN4O2S/c1-3-11(2)22-19(26)18-14-6-7-25(10-15(14)23-24-18)20(27)17-9-12-8-13(21)4-5-16(12)28-17/h1,4-5,8-9,11H,6-7,10H2,2H3,(H,22,26)(H,23,24). The Labute approximate surface area is 164 Å². The third-order valence-electron chi connectivity index (χ3n) is 4.72. The summed E-state index contributed by atoms with van der Waals surface area (Å²) in [5, 5.41) is 10.4. The van der Waals surface area contributed by atoms with Crippen LogP contribution in [0.3, 0.4) is 0 Å². The first-order chi connectivity index (χ1) is 13.5. The molecule has 1 unspecified atom stereocenters. The molecule has 2 aromatic heterocycles. The maximum absolute atomic E-state index is 13.4. The highest BCUT2D eigenvalue weighted by Crippen LogP contribution is 2.29. The Bertz CT molecular complexity index is 1130. The van der Waals surface area contributed by atoms with E-state index in [0.29, 0.717) is 35.5 Å². The Hall–Kier alpha value is -3.18. The van der Waals surface area contributed by atoms with Crippen molar-refractivity contribution in [3.63, 3.8) is 0 Å². The Morgan fingerprint density at radius 2 is 2.25 bits per heavy atom. The molecule has 0 spiro atoms. The van der Waals surface area contributed by atoms with Crippen LogP contribution < -0.4 is 5.32 Å². The van der Waals surface area contributed by atoms with Gasteiger partial charge in [0.05, 0.1) is 23.2 Å². The van der Waals surface area contributed by atoms with Gasteiger partial charge >= 0.3 is 0 Å². The number of amides is 2. The van der Waals surface area contributed by atoms with Crippen LogP contribution in [0.5, 0.6) is 0 Å². The number of halogens is 1. The maximum Gasteiger partial charge on any atom is 0.273 e. The van der Waals surface area contributed by atoms with Gasteiger partial charge in [-0.25, -0.2) is 4.39 Å². The lowest BCUT2D eigenvalue weighted by atomic mass is 10.0. The SMILES string of the molecule is C#CC(C)NC(=O)c1n[nH]c2c1CCN(C(=O)c1cc3cc(F)ccc3s1)C2. The number of terminal acetylenes is 1. The second kappa shape index (κ2) is 7.09. The Kier molecular flexibility index (Phi) is 4.61. The van der Waals surface area contributed by atoms with Crippen molar-refractivity contribution in [2.24, 2.45) is 0 Å². The number of aromatic amines is 1. The van der Waals surface area contributed by atoms with E-state index in [1.807, 2.05) is 0 Å². The largest absolute Gasteiger partial charge is 0.337 e. The molecule has 2 N–H and O–H groups in total. The Morgan fingerprint density at radius 1 is 1.43 bits per heavy atom. The fourth-order valence-corrected chi connectivity index (χ4v) is 4.27. The van der Waals surface area contributed by atoms with Crippen molar-refractivity contribution < 1.29 is 14.0 Å². The van der Waals surface area contributed by atoms with Gasteiger partial charge in [0.25, 0.3) is 11.8 Å². The second-order valence-corrected chi connectivity index (χ2v) is 7.74. The normalized spacial score (nSPS) is 14.4. The predicted octanol–water partition coefficient (Wildman–Crippen LogP) is 2.71. The molecule has 1 aliphatic heterocycles. The van der Waals surface area contributed by atoms with Crippen LogP contribution in [0.2, 0.25) is 0 Å². The number of carbonyl (C=O) groups excluding carboxylic acids is 2. The van der Waals surface area contributed by atoms with Crippen LogP contribution >= 0.6 is 11.3 Å². The molecule has 0 saturated carbocycles. The molecule has 3 heterocycles. The number of nitrogens with one attached hydrogen (secondary N) is 2. The molecule has 28 heavy (non-hydrogen) atoms. The highest BCUT2D eigenvalue weighted by atomic mass is 32.1. The number of benzene rings is 1. The molecule has 0 saturated heterocycles. The first-order valence-electron chi connectivity index (χ1n) is 8.77. The first kappa shape index (κ1) is 18.2. The fourth-order valence-electron chi connectivity index (χ4n) is 3.26. The van der Waals surface area contributed by atoms with E-state index in [2.05, 4.69) is 21.4 Å². The molecule has 0 fully saturated rings. The van der Waals surface area contributed by atoms with Crippen LogP contribution in [0.15, 0.2) is 24.3 Å². The smallest absolute Gasteiger partial charge is 0.273 e. The number of carbonyl (C=O) groups is 2. The van der Waals surface area contributed by atoms with E-state index in [-0.39, 0.29) is 23.7 Å². The maximum atomic E-state index is 13.4. The van der Waals surface area contributed by atoms with Crippen molar-refractivity contribution in [2.45, 2.75) is 25.9 Å². The van der Waals surface area contributed by atoms with E-state index in [0.717, 1.165) is 16.0 Å².